The van der Waals surface area contributed by atoms with Gasteiger partial charge in [-0.25, -0.2) is 4.79 Å². The van der Waals surface area contributed by atoms with Crippen molar-refractivity contribution in [3.8, 4) is 5.75 Å². The third-order valence-corrected chi connectivity index (χ3v) is 4.48. The SMILES string of the molecule is CCOc1ccc(NC(=O)[C@H](C)OC(=O)c2ccc(SC)c([N+](=O)[O-])c2)cc1. The van der Waals surface area contributed by atoms with Crippen LogP contribution < -0.4 is 10.1 Å². The number of nitrogens with zero attached hydrogens (tertiary/aromatic N) is 1. The minimum atomic E-state index is -1.08. The Labute approximate surface area is 166 Å². The van der Waals surface area contributed by atoms with E-state index in [2.05, 4.69) is 5.32 Å². The molecule has 9 heteroatoms. The Kier molecular flexibility index (Phi) is 7.39. The second-order valence-electron chi connectivity index (χ2n) is 5.64. The Morgan fingerprint density at radius 1 is 1.21 bits per heavy atom. The van der Waals surface area contributed by atoms with Crippen LogP contribution in [-0.2, 0) is 9.53 Å². The quantitative estimate of drug-likeness (QED) is 0.308. The van der Waals surface area contributed by atoms with E-state index in [-0.39, 0.29) is 11.3 Å². The molecule has 0 saturated carbocycles. The summed E-state index contributed by atoms with van der Waals surface area (Å²) < 4.78 is 10.5. The Morgan fingerprint density at radius 3 is 2.46 bits per heavy atom. The molecule has 0 spiro atoms. The zero-order chi connectivity index (χ0) is 20.7. The molecule has 0 radical (unpaired) electrons. The number of hydrogen-bond donors (Lipinski definition) is 1. The zero-order valence-electron chi connectivity index (χ0n) is 15.6. The molecule has 2 aromatic carbocycles. The molecule has 148 valence electrons. The van der Waals surface area contributed by atoms with Gasteiger partial charge in [-0.15, -0.1) is 11.8 Å². The molecule has 0 aliphatic carbocycles. The summed E-state index contributed by atoms with van der Waals surface area (Å²) in [6, 6.07) is 10.8. The van der Waals surface area contributed by atoms with Crippen LogP contribution in [0.3, 0.4) is 0 Å². The lowest BCUT2D eigenvalue weighted by Crippen LogP contribution is -2.30. The Hall–Kier alpha value is -3.07. The standard InChI is InChI=1S/C19H20N2O6S/c1-4-26-15-8-6-14(7-9-15)20-18(22)12(2)27-19(23)13-5-10-17(28-3)16(11-13)21(24)25/h5-12H,4H2,1-3H3,(H,20,22)/t12-/m0/s1. The van der Waals surface area contributed by atoms with Gasteiger partial charge in [0.05, 0.1) is 22.0 Å². The van der Waals surface area contributed by atoms with Crippen LogP contribution in [0, 0.1) is 10.1 Å². The minimum absolute atomic E-state index is 0.00483. The Balaban J connectivity index is 2.02. The van der Waals surface area contributed by atoms with Crippen molar-refractivity contribution in [2.75, 3.05) is 18.2 Å². The van der Waals surface area contributed by atoms with Crippen molar-refractivity contribution < 1.29 is 24.0 Å². The van der Waals surface area contributed by atoms with Gasteiger partial charge in [-0.05, 0) is 56.5 Å². The molecule has 0 fully saturated rings. The van der Waals surface area contributed by atoms with Crippen LogP contribution >= 0.6 is 11.8 Å². The van der Waals surface area contributed by atoms with E-state index in [0.717, 1.165) is 6.07 Å². The number of nitrogens with one attached hydrogen (secondary N) is 1. The maximum Gasteiger partial charge on any atom is 0.339 e. The van der Waals surface area contributed by atoms with Gasteiger partial charge >= 0.3 is 5.97 Å². The van der Waals surface area contributed by atoms with E-state index in [1.54, 1.807) is 30.5 Å². The molecule has 28 heavy (non-hydrogen) atoms. The summed E-state index contributed by atoms with van der Waals surface area (Å²) in [4.78, 5) is 35.5. The molecular formula is C19H20N2O6S. The largest absolute Gasteiger partial charge is 0.494 e. The maximum absolute atomic E-state index is 12.3. The van der Waals surface area contributed by atoms with Gasteiger partial charge < -0.3 is 14.8 Å². The molecule has 0 aliphatic heterocycles. The number of esters is 1. The van der Waals surface area contributed by atoms with Gasteiger partial charge in [0.1, 0.15) is 5.75 Å². The first-order valence-electron chi connectivity index (χ1n) is 8.42. The topological polar surface area (TPSA) is 108 Å². The molecule has 0 aliphatic rings. The van der Waals surface area contributed by atoms with E-state index < -0.39 is 22.9 Å². The fourth-order valence-corrected chi connectivity index (χ4v) is 2.83. The van der Waals surface area contributed by atoms with Gasteiger partial charge in [0.2, 0.25) is 0 Å². The van der Waals surface area contributed by atoms with Crippen molar-refractivity contribution in [2.45, 2.75) is 24.8 Å². The molecule has 2 rings (SSSR count). The predicted octanol–water partition coefficient (Wildman–Crippen LogP) is 3.90. The number of nitro groups is 1. The Bertz CT molecular complexity index is 869. The Morgan fingerprint density at radius 2 is 1.89 bits per heavy atom. The summed E-state index contributed by atoms with van der Waals surface area (Å²) in [6.07, 6.45) is 0.617. The number of rotatable bonds is 8. The fourth-order valence-electron chi connectivity index (χ4n) is 2.29. The smallest absolute Gasteiger partial charge is 0.339 e. The summed E-state index contributed by atoms with van der Waals surface area (Å²) >= 11 is 1.20. The monoisotopic (exact) mass is 404 g/mol. The van der Waals surface area contributed by atoms with E-state index in [4.69, 9.17) is 9.47 Å². The first kappa shape index (κ1) is 21.2. The van der Waals surface area contributed by atoms with Gasteiger partial charge in [0.15, 0.2) is 6.10 Å². The molecule has 1 atom stereocenters. The van der Waals surface area contributed by atoms with E-state index in [1.807, 2.05) is 6.92 Å². The number of carbonyl (C=O) groups is 2. The van der Waals surface area contributed by atoms with E-state index >= 15 is 0 Å². The summed E-state index contributed by atoms with van der Waals surface area (Å²) in [5, 5.41) is 13.8. The molecule has 0 aromatic heterocycles. The number of amides is 1. The van der Waals surface area contributed by atoms with Crippen LogP contribution in [0.15, 0.2) is 47.4 Å². The average Bonchev–Trinajstić information content (AvgIpc) is 2.68. The predicted molar refractivity (Wildman–Crippen MR) is 106 cm³/mol. The highest BCUT2D eigenvalue weighted by atomic mass is 32.2. The third kappa shape index (κ3) is 5.46. The summed E-state index contributed by atoms with van der Waals surface area (Å²) in [6.45, 7) is 3.83. The molecule has 0 unspecified atom stereocenters. The molecule has 8 nitrogen and oxygen atoms in total. The summed E-state index contributed by atoms with van der Waals surface area (Å²) in [5.41, 5.74) is 0.343. The highest BCUT2D eigenvalue weighted by molar-refractivity contribution is 7.98. The zero-order valence-corrected chi connectivity index (χ0v) is 16.4. The van der Waals surface area contributed by atoms with Crippen molar-refractivity contribution in [3.63, 3.8) is 0 Å². The van der Waals surface area contributed by atoms with Crippen molar-refractivity contribution >= 4 is 35.0 Å². The van der Waals surface area contributed by atoms with Crippen LogP contribution in [0.25, 0.3) is 0 Å². The van der Waals surface area contributed by atoms with Gasteiger partial charge in [-0.2, -0.15) is 0 Å². The molecule has 1 N–H and O–H groups in total. The van der Waals surface area contributed by atoms with Crippen LogP contribution in [0.4, 0.5) is 11.4 Å². The lowest BCUT2D eigenvalue weighted by Gasteiger charge is -2.14. The highest BCUT2D eigenvalue weighted by Crippen LogP contribution is 2.28. The average molecular weight is 404 g/mol. The first-order valence-corrected chi connectivity index (χ1v) is 9.65. The van der Waals surface area contributed by atoms with Crippen LogP contribution in [-0.4, -0.2) is 35.8 Å². The van der Waals surface area contributed by atoms with E-state index in [0.29, 0.717) is 22.9 Å². The minimum Gasteiger partial charge on any atom is -0.494 e. The first-order chi connectivity index (χ1) is 13.3. The van der Waals surface area contributed by atoms with Gasteiger partial charge in [0, 0.05) is 11.8 Å². The molecular weight excluding hydrogens is 384 g/mol. The number of hydrogen-bond acceptors (Lipinski definition) is 7. The van der Waals surface area contributed by atoms with Crippen LogP contribution in [0.2, 0.25) is 0 Å². The number of benzene rings is 2. The summed E-state index contributed by atoms with van der Waals surface area (Å²) in [7, 11) is 0. The van der Waals surface area contributed by atoms with Crippen molar-refractivity contribution in [1.29, 1.82) is 0 Å². The number of anilines is 1. The number of thioether (sulfide) groups is 1. The number of nitro benzene ring substituents is 1. The number of ether oxygens (including phenoxy) is 2. The second kappa shape index (κ2) is 9.75. The third-order valence-electron chi connectivity index (χ3n) is 3.70. The van der Waals surface area contributed by atoms with Gasteiger partial charge in [0.25, 0.3) is 11.6 Å². The fraction of sp³-hybridized carbons (Fsp3) is 0.263. The lowest BCUT2D eigenvalue weighted by molar-refractivity contribution is -0.387. The molecule has 0 heterocycles. The van der Waals surface area contributed by atoms with Crippen LogP contribution in [0.5, 0.6) is 5.75 Å². The van der Waals surface area contributed by atoms with E-state index in [9.17, 15) is 19.7 Å². The molecule has 0 saturated heterocycles. The second-order valence-corrected chi connectivity index (χ2v) is 6.49. The highest BCUT2D eigenvalue weighted by Gasteiger charge is 2.22. The van der Waals surface area contributed by atoms with Crippen molar-refractivity contribution in [2.24, 2.45) is 0 Å². The van der Waals surface area contributed by atoms with Gasteiger partial charge in [-0.3, -0.25) is 14.9 Å². The summed E-state index contributed by atoms with van der Waals surface area (Å²) in [5.74, 6) is -0.659. The van der Waals surface area contributed by atoms with Crippen molar-refractivity contribution in [1.82, 2.24) is 0 Å². The van der Waals surface area contributed by atoms with Gasteiger partial charge in [-0.1, -0.05) is 0 Å². The van der Waals surface area contributed by atoms with E-state index in [1.165, 1.54) is 30.8 Å². The number of carbonyl (C=O) groups excluding carboxylic acids is 2. The molecule has 2 aromatic rings. The molecule has 1 amide bonds. The molecule has 0 bridgehead atoms. The van der Waals surface area contributed by atoms with Crippen LogP contribution in [0.1, 0.15) is 24.2 Å². The lowest BCUT2D eigenvalue weighted by atomic mass is 10.2. The normalized spacial score (nSPS) is 11.4. The maximum atomic E-state index is 12.3. The van der Waals surface area contributed by atoms with Crippen molar-refractivity contribution in [3.05, 3.63) is 58.1 Å².